The molecule has 0 aromatic heterocycles. The lowest BCUT2D eigenvalue weighted by Gasteiger charge is -2.30. The minimum Gasteiger partial charge on any atom is -0.493 e. The number of fused-ring (bicyclic) bond motifs is 1. The highest BCUT2D eigenvalue weighted by molar-refractivity contribution is 5.39. The average Bonchev–Trinajstić information content (AvgIpc) is 2.72. The standard InChI is InChI=1S/C15H24N2O/c1-15(2,10-16)11-17(3)8-12-9-18-14-7-5-4-6-13(12)14/h4-7,12H,8-11,16H2,1-3H3. The van der Waals surface area contributed by atoms with Crippen LogP contribution in [-0.2, 0) is 0 Å². The lowest BCUT2D eigenvalue weighted by molar-refractivity contribution is 0.196. The predicted molar refractivity (Wildman–Crippen MR) is 75.0 cm³/mol. The van der Waals surface area contributed by atoms with Crippen LogP contribution in [0.4, 0.5) is 0 Å². The van der Waals surface area contributed by atoms with Gasteiger partial charge in [0.1, 0.15) is 5.75 Å². The third-order valence-corrected chi connectivity index (χ3v) is 3.58. The molecule has 0 amide bonds. The second-order valence-corrected chi connectivity index (χ2v) is 6.11. The van der Waals surface area contributed by atoms with Gasteiger partial charge in [-0.05, 0) is 25.1 Å². The molecule has 1 aliphatic rings. The van der Waals surface area contributed by atoms with E-state index >= 15 is 0 Å². The van der Waals surface area contributed by atoms with Crippen molar-refractivity contribution >= 4 is 0 Å². The van der Waals surface area contributed by atoms with Crippen molar-refractivity contribution in [1.29, 1.82) is 0 Å². The molecule has 1 atom stereocenters. The molecule has 1 aromatic rings. The minimum absolute atomic E-state index is 0.174. The van der Waals surface area contributed by atoms with Crippen molar-refractivity contribution in [2.45, 2.75) is 19.8 Å². The van der Waals surface area contributed by atoms with E-state index in [9.17, 15) is 0 Å². The highest BCUT2D eigenvalue weighted by Gasteiger charge is 2.26. The summed E-state index contributed by atoms with van der Waals surface area (Å²) in [6.45, 7) is 7.98. The van der Waals surface area contributed by atoms with Crippen molar-refractivity contribution in [3.8, 4) is 5.75 Å². The Kier molecular flexibility index (Phi) is 3.93. The third-order valence-electron chi connectivity index (χ3n) is 3.58. The van der Waals surface area contributed by atoms with Gasteiger partial charge in [-0.3, -0.25) is 0 Å². The molecule has 1 unspecified atom stereocenters. The number of nitrogens with zero attached hydrogens (tertiary/aromatic N) is 1. The highest BCUT2D eigenvalue weighted by Crippen LogP contribution is 2.34. The predicted octanol–water partition coefficient (Wildman–Crippen LogP) is 2.08. The van der Waals surface area contributed by atoms with E-state index < -0.39 is 0 Å². The lowest BCUT2D eigenvalue weighted by Crippen LogP contribution is -2.38. The maximum Gasteiger partial charge on any atom is 0.122 e. The Hall–Kier alpha value is -1.06. The zero-order valence-corrected chi connectivity index (χ0v) is 11.6. The highest BCUT2D eigenvalue weighted by atomic mass is 16.5. The molecule has 0 radical (unpaired) electrons. The summed E-state index contributed by atoms with van der Waals surface area (Å²) in [4.78, 5) is 2.36. The van der Waals surface area contributed by atoms with Crippen molar-refractivity contribution in [1.82, 2.24) is 4.90 Å². The zero-order valence-electron chi connectivity index (χ0n) is 11.6. The Morgan fingerprint density at radius 3 is 2.83 bits per heavy atom. The number of para-hydroxylation sites is 1. The largest absolute Gasteiger partial charge is 0.493 e. The van der Waals surface area contributed by atoms with Crippen LogP contribution >= 0.6 is 0 Å². The fourth-order valence-electron chi connectivity index (χ4n) is 2.62. The van der Waals surface area contributed by atoms with Crippen LogP contribution in [0.1, 0.15) is 25.3 Å². The maximum absolute atomic E-state index is 5.79. The first-order valence-electron chi connectivity index (χ1n) is 6.62. The monoisotopic (exact) mass is 248 g/mol. The molecule has 2 N–H and O–H groups in total. The fourth-order valence-corrected chi connectivity index (χ4v) is 2.62. The van der Waals surface area contributed by atoms with Gasteiger partial charge in [0.15, 0.2) is 0 Å². The normalized spacial score (nSPS) is 18.8. The van der Waals surface area contributed by atoms with E-state index in [1.807, 2.05) is 6.07 Å². The topological polar surface area (TPSA) is 38.5 Å². The average molecular weight is 248 g/mol. The second kappa shape index (κ2) is 5.29. The van der Waals surface area contributed by atoms with Gasteiger partial charge in [-0.2, -0.15) is 0 Å². The van der Waals surface area contributed by atoms with Crippen LogP contribution in [-0.4, -0.2) is 38.2 Å². The Balaban J connectivity index is 1.95. The number of hydrogen-bond acceptors (Lipinski definition) is 3. The van der Waals surface area contributed by atoms with E-state index in [0.29, 0.717) is 5.92 Å². The molecule has 3 heteroatoms. The molecule has 18 heavy (non-hydrogen) atoms. The second-order valence-electron chi connectivity index (χ2n) is 6.11. The molecule has 0 bridgehead atoms. The number of benzene rings is 1. The summed E-state index contributed by atoms with van der Waals surface area (Å²) >= 11 is 0. The molecule has 1 aromatic carbocycles. The summed E-state index contributed by atoms with van der Waals surface area (Å²) in [5.41, 5.74) is 7.30. The van der Waals surface area contributed by atoms with Gasteiger partial charge >= 0.3 is 0 Å². The number of nitrogens with two attached hydrogens (primary N) is 1. The Labute approximate surface area is 110 Å². The van der Waals surface area contributed by atoms with Crippen molar-refractivity contribution < 1.29 is 4.74 Å². The van der Waals surface area contributed by atoms with Gasteiger partial charge in [-0.15, -0.1) is 0 Å². The molecule has 0 spiro atoms. The van der Waals surface area contributed by atoms with Gasteiger partial charge in [0, 0.05) is 24.6 Å². The first-order chi connectivity index (χ1) is 8.52. The fraction of sp³-hybridized carbons (Fsp3) is 0.600. The van der Waals surface area contributed by atoms with Crippen LogP contribution in [0.5, 0.6) is 5.75 Å². The summed E-state index contributed by atoms with van der Waals surface area (Å²) in [7, 11) is 2.17. The van der Waals surface area contributed by atoms with Gasteiger partial charge in [0.05, 0.1) is 6.61 Å². The number of ether oxygens (including phenoxy) is 1. The molecular formula is C15H24N2O. The summed E-state index contributed by atoms with van der Waals surface area (Å²) in [6.07, 6.45) is 0. The van der Waals surface area contributed by atoms with Crippen molar-refractivity contribution in [2.75, 3.05) is 33.3 Å². The van der Waals surface area contributed by atoms with E-state index in [0.717, 1.165) is 32.0 Å². The Bertz CT molecular complexity index is 403. The van der Waals surface area contributed by atoms with Crippen LogP contribution in [0.25, 0.3) is 0 Å². The molecular weight excluding hydrogens is 224 g/mol. The summed E-state index contributed by atoms with van der Waals surface area (Å²) in [5, 5.41) is 0. The van der Waals surface area contributed by atoms with E-state index in [-0.39, 0.29) is 5.41 Å². The van der Waals surface area contributed by atoms with Crippen LogP contribution in [0, 0.1) is 5.41 Å². The van der Waals surface area contributed by atoms with Gasteiger partial charge in [0.2, 0.25) is 0 Å². The molecule has 0 saturated carbocycles. The van der Waals surface area contributed by atoms with Gasteiger partial charge < -0.3 is 15.4 Å². The molecule has 0 aliphatic carbocycles. The van der Waals surface area contributed by atoms with Crippen LogP contribution in [0.3, 0.4) is 0 Å². The zero-order chi connectivity index (χ0) is 13.2. The van der Waals surface area contributed by atoms with Crippen molar-refractivity contribution in [3.63, 3.8) is 0 Å². The number of hydrogen-bond donors (Lipinski definition) is 1. The van der Waals surface area contributed by atoms with E-state index in [1.54, 1.807) is 0 Å². The Morgan fingerprint density at radius 1 is 1.39 bits per heavy atom. The molecule has 100 valence electrons. The first kappa shape index (κ1) is 13.4. The quantitative estimate of drug-likeness (QED) is 0.867. The van der Waals surface area contributed by atoms with Crippen LogP contribution < -0.4 is 10.5 Å². The van der Waals surface area contributed by atoms with Gasteiger partial charge in [-0.1, -0.05) is 32.0 Å². The molecule has 2 rings (SSSR count). The number of likely N-dealkylation sites (N-methyl/N-ethyl adjacent to an activating group) is 1. The molecule has 1 heterocycles. The summed E-state index contributed by atoms with van der Waals surface area (Å²) in [5.74, 6) is 1.54. The van der Waals surface area contributed by atoms with Crippen molar-refractivity contribution in [3.05, 3.63) is 29.8 Å². The van der Waals surface area contributed by atoms with Crippen LogP contribution in [0.15, 0.2) is 24.3 Å². The number of rotatable bonds is 5. The van der Waals surface area contributed by atoms with Gasteiger partial charge in [-0.25, -0.2) is 0 Å². The lowest BCUT2D eigenvalue weighted by atomic mass is 9.92. The minimum atomic E-state index is 0.174. The first-order valence-corrected chi connectivity index (χ1v) is 6.62. The maximum atomic E-state index is 5.79. The van der Waals surface area contributed by atoms with E-state index in [1.165, 1.54) is 5.56 Å². The van der Waals surface area contributed by atoms with E-state index in [2.05, 4.69) is 44.0 Å². The molecule has 0 saturated heterocycles. The van der Waals surface area contributed by atoms with Crippen molar-refractivity contribution in [2.24, 2.45) is 11.1 Å². The summed E-state index contributed by atoms with van der Waals surface area (Å²) < 4.78 is 5.72. The van der Waals surface area contributed by atoms with E-state index in [4.69, 9.17) is 10.5 Å². The molecule has 0 fully saturated rings. The van der Waals surface area contributed by atoms with Crippen LogP contribution in [0.2, 0.25) is 0 Å². The van der Waals surface area contributed by atoms with Gasteiger partial charge in [0.25, 0.3) is 0 Å². The summed E-state index contributed by atoms with van der Waals surface area (Å²) in [6, 6.07) is 8.35. The SMILES string of the molecule is CN(CC1COc2ccccc21)CC(C)(C)CN. The molecule has 3 nitrogen and oxygen atoms in total. The Morgan fingerprint density at radius 2 is 2.11 bits per heavy atom. The third kappa shape index (κ3) is 3.03. The smallest absolute Gasteiger partial charge is 0.122 e. The molecule has 1 aliphatic heterocycles.